The van der Waals surface area contributed by atoms with E-state index in [0.717, 1.165) is 61.2 Å². The first-order valence-corrected chi connectivity index (χ1v) is 22.1. The van der Waals surface area contributed by atoms with Crippen LogP contribution in [0.3, 0.4) is 0 Å². The van der Waals surface area contributed by atoms with Crippen molar-refractivity contribution in [3.8, 4) is 112 Å². The van der Waals surface area contributed by atoms with Gasteiger partial charge >= 0.3 is 0 Å². The van der Waals surface area contributed by atoms with Crippen molar-refractivity contribution in [3.05, 3.63) is 242 Å². The quantitative estimate of drug-likeness (QED) is 0.143. The Labute approximate surface area is 383 Å². The summed E-state index contributed by atoms with van der Waals surface area (Å²) < 4.78 is 0. The first kappa shape index (κ1) is 38.6. The number of benzene rings is 10. The fraction of sp³-hybridized carbons (Fsp3) is 0. The van der Waals surface area contributed by atoms with Crippen molar-refractivity contribution in [2.24, 2.45) is 0 Å². The summed E-state index contributed by atoms with van der Waals surface area (Å²) in [6, 6.07) is 80.3. The van der Waals surface area contributed by atoms with Gasteiger partial charge in [-0.3, -0.25) is 0 Å². The SMILES string of the molecule is [C-]#[N+]c1ccc(-c2ccccc2-c2nc(-c3ccccc3)nc(-c3ccccc3-c3ccccc3)n2)cc1-c1cccc(-c2cccc(-c3cccc4c3-c3cccc5cccc-4c35)c2)c1. The van der Waals surface area contributed by atoms with Gasteiger partial charge in [-0.1, -0.05) is 218 Å². The zero-order chi connectivity index (χ0) is 44.0. The molecule has 1 aliphatic rings. The largest absolute Gasteiger partial charge is 0.238 e. The van der Waals surface area contributed by atoms with E-state index in [0.29, 0.717) is 23.2 Å². The molecule has 0 radical (unpaired) electrons. The van der Waals surface area contributed by atoms with Gasteiger partial charge in [-0.15, -0.1) is 0 Å². The molecule has 1 aromatic heterocycles. The molecule has 4 nitrogen and oxygen atoms in total. The minimum Gasteiger partial charge on any atom is -0.238 e. The standard InChI is InChI=1S/C62H38N4/c1-63-57-36-35-47(49-28-9-11-30-54(49)62-65-60(42-19-6-3-7-20-42)64-61(66-62)53-29-10-8-27-48(53)40-17-4-2-5-18-40)39-56(57)46-26-13-24-44(38-46)43-23-12-25-45(37-43)50-31-16-33-52-51-32-14-21-41-22-15-34-55(58(41)51)59(50)52/h2-39H. The summed E-state index contributed by atoms with van der Waals surface area (Å²) >= 11 is 0. The first-order valence-electron chi connectivity index (χ1n) is 22.1. The highest BCUT2D eigenvalue weighted by Gasteiger charge is 2.24. The molecule has 11 aromatic rings. The maximum Gasteiger partial charge on any atom is 0.194 e. The van der Waals surface area contributed by atoms with Crippen molar-refractivity contribution in [2.75, 3.05) is 0 Å². The lowest BCUT2D eigenvalue weighted by Crippen LogP contribution is -2.02. The van der Waals surface area contributed by atoms with Crippen LogP contribution in [-0.2, 0) is 0 Å². The zero-order valence-corrected chi connectivity index (χ0v) is 35.7. The Bertz CT molecular complexity index is 3710. The molecule has 0 saturated heterocycles. The highest BCUT2D eigenvalue weighted by molar-refractivity contribution is 6.18. The van der Waals surface area contributed by atoms with Crippen molar-refractivity contribution in [3.63, 3.8) is 0 Å². The number of nitrogens with zero attached hydrogens (tertiary/aromatic N) is 4. The number of fused-ring (bicyclic) bond motifs is 3. The van der Waals surface area contributed by atoms with Gasteiger partial charge in [0.25, 0.3) is 0 Å². The Morgan fingerprint density at radius 2 is 0.712 bits per heavy atom. The first-order chi connectivity index (χ1) is 32.7. The van der Waals surface area contributed by atoms with Gasteiger partial charge in [0.2, 0.25) is 0 Å². The minimum absolute atomic E-state index is 0.569. The Hall–Kier alpha value is -9.04. The Morgan fingerprint density at radius 1 is 0.273 bits per heavy atom. The molecule has 306 valence electrons. The second kappa shape index (κ2) is 16.3. The van der Waals surface area contributed by atoms with Crippen LogP contribution in [0.1, 0.15) is 0 Å². The smallest absolute Gasteiger partial charge is 0.194 e. The van der Waals surface area contributed by atoms with E-state index in [1.165, 1.54) is 44.2 Å². The lowest BCUT2D eigenvalue weighted by atomic mass is 9.90. The van der Waals surface area contributed by atoms with Gasteiger partial charge in [-0.05, 0) is 101 Å². The predicted octanol–water partition coefficient (Wildman–Crippen LogP) is 16.6. The molecule has 0 N–H and O–H groups in total. The summed E-state index contributed by atoms with van der Waals surface area (Å²) in [5.74, 6) is 1.76. The van der Waals surface area contributed by atoms with Crippen molar-refractivity contribution < 1.29 is 0 Å². The molecule has 0 spiro atoms. The van der Waals surface area contributed by atoms with Gasteiger partial charge in [0.15, 0.2) is 23.2 Å². The summed E-state index contributed by atoms with van der Waals surface area (Å²) in [5, 5.41) is 2.59. The second-order valence-electron chi connectivity index (χ2n) is 16.6. The van der Waals surface area contributed by atoms with Crippen LogP contribution in [0.4, 0.5) is 5.69 Å². The Morgan fingerprint density at radius 3 is 1.36 bits per heavy atom. The molecule has 1 aliphatic carbocycles. The van der Waals surface area contributed by atoms with Crippen LogP contribution < -0.4 is 0 Å². The highest BCUT2D eigenvalue weighted by atomic mass is 15.0. The van der Waals surface area contributed by atoms with Crippen LogP contribution >= 0.6 is 0 Å². The molecule has 0 fully saturated rings. The third-order valence-corrected chi connectivity index (χ3v) is 12.7. The van der Waals surface area contributed by atoms with E-state index in [1.54, 1.807) is 0 Å². The average molecular weight is 839 g/mol. The molecule has 10 aromatic carbocycles. The van der Waals surface area contributed by atoms with Gasteiger partial charge in [-0.25, -0.2) is 19.8 Å². The van der Waals surface area contributed by atoms with Crippen LogP contribution in [0.15, 0.2) is 231 Å². The van der Waals surface area contributed by atoms with E-state index in [-0.39, 0.29) is 0 Å². The molecule has 0 atom stereocenters. The van der Waals surface area contributed by atoms with Crippen molar-refractivity contribution in [1.82, 2.24) is 15.0 Å². The lowest BCUT2D eigenvalue weighted by molar-refractivity contribution is 1.07. The zero-order valence-electron chi connectivity index (χ0n) is 35.7. The van der Waals surface area contributed by atoms with Crippen LogP contribution in [0, 0.1) is 6.57 Å². The molecular formula is C62H38N4. The van der Waals surface area contributed by atoms with E-state index in [4.69, 9.17) is 21.5 Å². The van der Waals surface area contributed by atoms with Crippen LogP contribution in [-0.4, -0.2) is 15.0 Å². The van der Waals surface area contributed by atoms with Crippen molar-refractivity contribution in [1.29, 1.82) is 0 Å². The monoisotopic (exact) mass is 838 g/mol. The van der Waals surface area contributed by atoms with Gasteiger partial charge < -0.3 is 0 Å². The van der Waals surface area contributed by atoms with E-state index in [2.05, 4.69) is 150 Å². The number of hydrogen-bond donors (Lipinski definition) is 0. The van der Waals surface area contributed by atoms with Crippen LogP contribution in [0.2, 0.25) is 0 Å². The Balaban J connectivity index is 0.943. The van der Waals surface area contributed by atoms with Crippen molar-refractivity contribution >= 4 is 16.5 Å². The minimum atomic E-state index is 0.569. The van der Waals surface area contributed by atoms with E-state index in [9.17, 15) is 0 Å². The second-order valence-corrected chi connectivity index (χ2v) is 16.6. The summed E-state index contributed by atoms with van der Waals surface area (Å²) in [5.41, 5.74) is 18.9. The number of aromatic nitrogens is 3. The summed E-state index contributed by atoms with van der Waals surface area (Å²) in [4.78, 5) is 19.5. The highest BCUT2D eigenvalue weighted by Crippen LogP contribution is 2.51. The third-order valence-electron chi connectivity index (χ3n) is 12.7. The third kappa shape index (κ3) is 6.75. The number of hydrogen-bond acceptors (Lipinski definition) is 3. The molecule has 4 heteroatoms. The molecule has 0 amide bonds. The molecule has 66 heavy (non-hydrogen) atoms. The topological polar surface area (TPSA) is 43.0 Å². The fourth-order valence-electron chi connectivity index (χ4n) is 9.66. The molecule has 12 rings (SSSR count). The van der Waals surface area contributed by atoms with Crippen molar-refractivity contribution in [2.45, 2.75) is 0 Å². The molecule has 1 heterocycles. The van der Waals surface area contributed by atoms with E-state index < -0.39 is 0 Å². The average Bonchev–Trinajstić information content (AvgIpc) is 3.74. The molecular weight excluding hydrogens is 801 g/mol. The van der Waals surface area contributed by atoms with Crippen LogP contribution in [0.25, 0.3) is 128 Å². The molecule has 0 unspecified atom stereocenters. The van der Waals surface area contributed by atoms with Gasteiger partial charge in [0.1, 0.15) is 0 Å². The maximum absolute atomic E-state index is 8.27. The van der Waals surface area contributed by atoms with E-state index >= 15 is 0 Å². The van der Waals surface area contributed by atoms with Gasteiger partial charge in [0, 0.05) is 16.7 Å². The van der Waals surface area contributed by atoms with Gasteiger partial charge in [0.05, 0.1) is 6.57 Å². The van der Waals surface area contributed by atoms with E-state index in [1.807, 2.05) is 84.9 Å². The summed E-state index contributed by atoms with van der Waals surface area (Å²) in [6.07, 6.45) is 0. The maximum atomic E-state index is 8.27. The molecule has 0 saturated carbocycles. The molecule has 0 aliphatic heterocycles. The Kier molecular flexibility index (Phi) is 9.51. The normalized spacial score (nSPS) is 11.3. The lowest BCUT2D eigenvalue weighted by Gasteiger charge is -2.15. The summed E-state index contributed by atoms with van der Waals surface area (Å²) in [7, 11) is 0. The number of rotatable bonds is 8. The fourth-order valence-corrected chi connectivity index (χ4v) is 9.66. The summed E-state index contributed by atoms with van der Waals surface area (Å²) in [6.45, 7) is 8.27. The molecule has 0 bridgehead atoms. The predicted molar refractivity (Wildman–Crippen MR) is 272 cm³/mol. The van der Waals surface area contributed by atoms with Crippen LogP contribution in [0.5, 0.6) is 0 Å². The van der Waals surface area contributed by atoms with Gasteiger partial charge in [-0.2, -0.15) is 0 Å².